The monoisotopic (exact) mass is 403 g/mol. The third-order valence-electron chi connectivity index (χ3n) is 4.13. The fourth-order valence-electron chi connectivity index (χ4n) is 2.66. The molecule has 0 spiro atoms. The summed E-state index contributed by atoms with van der Waals surface area (Å²) in [5.74, 6) is -0.0441. The number of azo groups is 1. The van der Waals surface area contributed by atoms with E-state index in [1.54, 1.807) is 36.4 Å². The maximum absolute atomic E-state index is 12.1. The van der Waals surface area contributed by atoms with Gasteiger partial charge in [-0.3, -0.25) is 4.79 Å². The number of amides is 1. The standard InChI is InChI=1S/C22H17N3O5/c26-21(13-28-22(27)15-6-11-19-20(12-15)30-14-29-19)23-16-7-9-18(10-8-16)25-24-17-4-2-1-3-5-17/h1-12H,13-14H2,(H,23,26). The van der Waals surface area contributed by atoms with Crippen LogP contribution in [0.15, 0.2) is 83.0 Å². The van der Waals surface area contributed by atoms with E-state index in [0.717, 1.165) is 5.69 Å². The molecule has 8 nitrogen and oxygen atoms in total. The number of hydrogen-bond donors (Lipinski definition) is 1. The zero-order valence-corrected chi connectivity index (χ0v) is 15.8. The van der Waals surface area contributed by atoms with Crippen LogP contribution in [0.4, 0.5) is 17.1 Å². The minimum Gasteiger partial charge on any atom is -0.454 e. The first-order chi connectivity index (χ1) is 14.7. The zero-order chi connectivity index (χ0) is 20.8. The third kappa shape index (κ3) is 4.79. The predicted molar refractivity (Wildman–Crippen MR) is 109 cm³/mol. The normalized spacial score (nSPS) is 12.0. The first kappa shape index (κ1) is 19.1. The molecule has 8 heteroatoms. The Morgan fingerprint density at radius 1 is 0.867 bits per heavy atom. The van der Waals surface area contributed by atoms with Gasteiger partial charge in [0.25, 0.3) is 5.91 Å². The summed E-state index contributed by atoms with van der Waals surface area (Å²) in [6, 6.07) is 20.9. The van der Waals surface area contributed by atoms with Crippen LogP contribution in [-0.4, -0.2) is 25.3 Å². The number of ether oxygens (including phenoxy) is 3. The van der Waals surface area contributed by atoms with Crippen molar-refractivity contribution in [1.29, 1.82) is 0 Å². The van der Waals surface area contributed by atoms with Crippen molar-refractivity contribution in [2.24, 2.45) is 10.2 Å². The lowest BCUT2D eigenvalue weighted by Gasteiger charge is -2.07. The van der Waals surface area contributed by atoms with Crippen molar-refractivity contribution in [2.75, 3.05) is 18.7 Å². The van der Waals surface area contributed by atoms with E-state index < -0.39 is 18.5 Å². The van der Waals surface area contributed by atoms with Crippen LogP contribution in [0.1, 0.15) is 10.4 Å². The molecule has 0 radical (unpaired) electrons. The minimum absolute atomic E-state index is 0.114. The molecule has 0 aliphatic carbocycles. The van der Waals surface area contributed by atoms with Gasteiger partial charge in [-0.1, -0.05) is 18.2 Å². The molecule has 0 aromatic heterocycles. The van der Waals surface area contributed by atoms with E-state index in [-0.39, 0.29) is 12.4 Å². The van der Waals surface area contributed by atoms with E-state index in [9.17, 15) is 9.59 Å². The molecule has 3 aromatic carbocycles. The van der Waals surface area contributed by atoms with Gasteiger partial charge in [0.2, 0.25) is 6.79 Å². The number of carbonyl (C=O) groups excluding carboxylic acids is 2. The predicted octanol–water partition coefficient (Wildman–Crippen LogP) is 4.63. The summed E-state index contributed by atoms with van der Waals surface area (Å²) in [5.41, 5.74) is 2.23. The number of nitrogens with zero attached hydrogens (tertiary/aromatic N) is 2. The SMILES string of the molecule is O=C(COC(=O)c1ccc2c(c1)OCO2)Nc1ccc(N=Nc2ccccc2)cc1. The lowest BCUT2D eigenvalue weighted by atomic mass is 10.2. The van der Waals surface area contributed by atoms with Gasteiger partial charge in [0.1, 0.15) is 0 Å². The lowest BCUT2D eigenvalue weighted by molar-refractivity contribution is -0.119. The van der Waals surface area contributed by atoms with E-state index in [1.807, 2.05) is 30.3 Å². The van der Waals surface area contributed by atoms with Crippen molar-refractivity contribution in [3.63, 3.8) is 0 Å². The molecule has 1 heterocycles. The van der Waals surface area contributed by atoms with Gasteiger partial charge in [0, 0.05) is 5.69 Å². The van der Waals surface area contributed by atoms with Crippen molar-refractivity contribution < 1.29 is 23.8 Å². The summed E-state index contributed by atoms with van der Waals surface area (Å²) in [5, 5.41) is 10.9. The molecule has 1 aliphatic rings. The molecule has 150 valence electrons. The van der Waals surface area contributed by atoms with E-state index in [1.165, 1.54) is 6.07 Å². The Morgan fingerprint density at radius 3 is 2.33 bits per heavy atom. The van der Waals surface area contributed by atoms with E-state index in [0.29, 0.717) is 22.9 Å². The molecule has 1 amide bonds. The maximum atomic E-state index is 12.1. The number of carbonyl (C=O) groups is 2. The average Bonchev–Trinajstić information content (AvgIpc) is 3.26. The van der Waals surface area contributed by atoms with Crippen LogP contribution < -0.4 is 14.8 Å². The zero-order valence-electron chi connectivity index (χ0n) is 15.8. The summed E-state index contributed by atoms with van der Waals surface area (Å²) < 4.78 is 15.5. The summed E-state index contributed by atoms with van der Waals surface area (Å²) in [6.07, 6.45) is 0. The molecule has 0 unspecified atom stereocenters. The Kier molecular flexibility index (Phi) is 5.66. The van der Waals surface area contributed by atoms with Crippen LogP contribution in [0.5, 0.6) is 11.5 Å². The van der Waals surface area contributed by atoms with Gasteiger partial charge in [0.05, 0.1) is 16.9 Å². The molecule has 30 heavy (non-hydrogen) atoms. The van der Waals surface area contributed by atoms with Crippen LogP contribution in [0, 0.1) is 0 Å². The summed E-state index contributed by atoms with van der Waals surface area (Å²) >= 11 is 0. The smallest absolute Gasteiger partial charge is 0.338 e. The third-order valence-corrected chi connectivity index (χ3v) is 4.13. The number of benzene rings is 3. The average molecular weight is 403 g/mol. The van der Waals surface area contributed by atoms with Crippen molar-refractivity contribution >= 4 is 28.9 Å². The summed E-state index contributed by atoms with van der Waals surface area (Å²) in [7, 11) is 0. The maximum Gasteiger partial charge on any atom is 0.338 e. The molecule has 1 aliphatic heterocycles. The van der Waals surface area contributed by atoms with Crippen molar-refractivity contribution in [3.8, 4) is 11.5 Å². The van der Waals surface area contributed by atoms with Crippen LogP contribution >= 0.6 is 0 Å². The lowest BCUT2D eigenvalue weighted by Crippen LogP contribution is -2.20. The molecule has 0 atom stereocenters. The van der Waals surface area contributed by atoms with E-state index >= 15 is 0 Å². The number of esters is 1. The summed E-state index contributed by atoms with van der Waals surface area (Å²) in [6.45, 7) is -0.300. The van der Waals surface area contributed by atoms with Crippen molar-refractivity contribution in [3.05, 3.63) is 78.4 Å². The van der Waals surface area contributed by atoms with E-state index in [2.05, 4.69) is 15.5 Å². The summed E-state index contributed by atoms with van der Waals surface area (Å²) in [4.78, 5) is 24.2. The highest BCUT2D eigenvalue weighted by Crippen LogP contribution is 2.32. The van der Waals surface area contributed by atoms with Gasteiger partial charge < -0.3 is 19.5 Å². The number of rotatable bonds is 6. The Balaban J connectivity index is 1.27. The quantitative estimate of drug-likeness (QED) is 0.478. The van der Waals surface area contributed by atoms with E-state index in [4.69, 9.17) is 14.2 Å². The second-order valence-corrected chi connectivity index (χ2v) is 6.27. The molecular weight excluding hydrogens is 386 g/mol. The molecule has 0 saturated carbocycles. The minimum atomic E-state index is -0.625. The first-order valence-corrected chi connectivity index (χ1v) is 9.11. The number of anilines is 1. The molecule has 0 bridgehead atoms. The largest absolute Gasteiger partial charge is 0.454 e. The van der Waals surface area contributed by atoms with Gasteiger partial charge in [-0.15, -0.1) is 0 Å². The van der Waals surface area contributed by atoms with Gasteiger partial charge >= 0.3 is 5.97 Å². The van der Waals surface area contributed by atoms with Crippen LogP contribution in [-0.2, 0) is 9.53 Å². The van der Waals surface area contributed by atoms with Crippen LogP contribution in [0.25, 0.3) is 0 Å². The second-order valence-electron chi connectivity index (χ2n) is 6.27. The van der Waals surface area contributed by atoms with Crippen LogP contribution in [0.2, 0.25) is 0 Å². The number of nitrogens with one attached hydrogen (secondary N) is 1. The topological polar surface area (TPSA) is 98.6 Å². The van der Waals surface area contributed by atoms with Gasteiger partial charge in [-0.05, 0) is 54.6 Å². The fraction of sp³-hybridized carbons (Fsp3) is 0.0909. The molecule has 1 N–H and O–H groups in total. The highest BCUT2D eigenvalue weighted by Gasteiger charge is 2.17. The Labute approximate surface area is 172 Å². The highest BCUT2D eigenvalue weighted by atomic mass is 16.7. The molecule has 0 fully saturated rings. The molecular formula is C22H17N3O5. The van der Waals surface area contributed by atoms with Crippen LogP contribution in [0.3, 0.4) is 0 Å². The van der Waals surface area contributed by atoms with Gasteiger partial charge in [0.15, 0.2) is 18.1 Å². The highest BCUT2D eigenvalue weighted by molar-refractivity contribution is 5.95. The second kappa shape index (κ2) is 8.87. The Bertz CT molecular complexity index is 1080. The van der Waals surface area contributed by atoms with Crippen molar-refractivity contribution in [1.82, 2.24) is 0 Å². The fourth-order valence-corrected chi connectivity index (χ4v) is 2.66. The Hall–Kier alpha value is -4.20. The van der Waals surface area contributed by atoms with Gasteiger partial charge in [-0.25, -0.2) is 4.79 Å². The molecule has 0 saturated heterocycles. The molecule has 3 aromatic rings. The number of fused-ring (bicyclic) bond motifs is 1. The molecule has 4 rings (SSSR count). The van der Waals surface area contributed by atoms with Crippen molar-refractivity contribution in [2.45, 2.75) is 0 Å². The van der Waals surface area contributed by atoms with Gasteiger partial charge in [-0.2, -0.15) is 10.2 Å². The number of hydrogen-bond acceptors (Lipinski definition) is 7. The first-order valence-electron chi connectivity index (χ1n) is 9.11. The Morgan fingerprint density at radius 2 is 1.57 bits per heavy atom.